The normalized spacial score (nSPS) is 11.9. The molecule has 0 saturated carbocycles. The minimum Gasteiger partial charge on any atom is -0.338 e. The number of hydrogen-bond donors (Lipinski definition) is 2. The van der Waals surface area contributed by atoms with E-state index in [4.69, 9.17) is 4.52 Å². The maximum atomic E-state index is 11.5. The highest BCUT2D eigenvalue weighted by Gasteiger charge is 2.16. The summed E-state index contributed by atoms with van der Waals surface area (Å²) in [5, 5.41) is 9.35. The summed E-state index contributed by atoms with van der Waals surface area (Å²) >= 11 is 0. The van der Waals surface area contributed by atoms with Crippen molar-refractivity contribution in [3.8, 4) is 11.4 Å². The zero-order valence-corrected chi connectivity index (χ0v) is 11.5. The summed E-state index contributed by atoms with van der Waals surface area (Å²) in [6.45, 7) is 4.41. The maximum absolute atomic E-state index is 11.5. The Bertz CT molecular complexity index is 555. The molecule has 0 aliphatic heterocycles. The van der Waals surface area contributed by atoms with Crippen molar-refractivity contribution in [2.45, 2.75) is 26.3 Å². The SMILES string of the molecule is CCCNC(=O)NC(C)c1nc(-c2ccncc2)no1. The van der Waals surface area contributed by atoms with Crippen LogP contribution in [-0.2, 0) is 0 Å². The highest BCUT2D eigenvalue weighted by molar-refractivity contribution is 5.74. The van der Waals surface area contributed by atoms with Gasteiger partial charge in [0.1, 0.15) is 6.04 Å². The van der Waals surface area contributed by atoms with Crippen molar-refractivity contribution in [2.75, 3.05) is 6.54 Å². The van der Waals surface area contributed by atoms with Crippen molar-refractivity contribution >= 4 is 6.03 Å². The number of amides is 2. The fraction of sp³-hybridized carbons (Fsp3) is 0.385. The molecular formula is C13H17N5O2. The Morgan fingerprint density at radius 3 is 2.85 bits per heavy atom. The molecule has 1 unspecified atom stereocenters. The number of urea groups is 1. The predicted molar refractivity (Wildman–Crippen MR) is 72.8 cm³/mol. The number of nitrogens with one attached hydrogen (secondary N) is 2. The second kappa shape index (κ2) is 6.65. The Balaban J connectivity index is 2.00. The average Bonchev–Trinajstić information content (AvgIpc) is 2.96. The topological polar surface area (TPSA) is 92.9 Å². The van der Waals surface area contributed by atoms with E-state index in [1.807, 2.05) is 6.92 Å². The monoisotopic (exact) mass is 275 g/mol. The third kappa shape index (κ3) is 3.53. The van der Waals surface area contributed by atoms with Gasteiger partial charge in [0.25, 0.3) is 0 Å². The molecule has 20 heavy (non-hydrogen) atoms. The highest BCUT2D eigenvalue weighted by Crippen LogP contribution is 2.17. The van der Waals surface area contributed by atoms with E-state index in [1.165, 1.54) is 0 Å². The molecule has 0 radical (unpaired) electrons. The molecule has 7 heteroatoms. The van der Waals surface area contributed by atoms with Crippen LogP contribution in [-0.4, -0.2) is 27.7 Å². The first-order chi connectivity index (χ1) is 9.70. The lowest BCUT2D eigenvalue weighted by atomic mass is 10.2. The van der Waals surface area contributed by atoms with Crippen molar-refractivity contribution in [1.29, 1.82) is 0 Å². The van der Waals surface area contributed by atoms with Crippen LogP contribution in [0.5, 0.6) is 0 Å². The predicted octanol–water partition coefficient (Wildman–Crippen LogP) is 1.90. The van der Waals surface area contributed by atoms with Crippen LogP contribution < -0.4 is 10.6 Å². The third-order valence-electron chi connectivity index (χ3n) is 2.63. The molecule has 0 bridgehead atoms. The number of pyridine rings is 1. The summed E-state index contributed by atoms with van der Waals surface area (Å²) in [4.78, 5) is 19.7. The number of carbonyl (C=O) groups excluding carboxylic acids is 1. The summed E-state index contributed by atoms with van der Waals surface area (Å²) in [7, 11) is 0. The molecule has 0 spiro atoms. The first kappa shape index (κ1) is 14.0. The van der Waals surface area contributed by atoms with Gasteiger partial charge in [-0.15, -0.1) is 0 Å². The summed E-state index contributed by atoms with van der Waals surface area (Å²) in [5.74, 6) is 0.841. The molecule has 7 nitrogen and oxygen atoms in total. The minimum absolute atomic E-state index is 0.247. The third-order valence-corrected chi connectivity index (χ3v) is 2.63. The van der Waals surface area contributed by atoms with E-state index >= 15 is 0 Å². The Morgan fingerprint density at radius 1 is 1.40 bits per heavy atom. The van der Waals surface area contributed by atoms with Crippen LogP contribution >= 0.6 is 0 Å². The molecular weight excluding hydrogens is 258 g/mol. The molecule has 2 N–H and O–H groups in total. The van der Waals surface area contributed by atoms with Crippen molar-refractivity contribution < 1.29 is 9.32 Å². The van der Waals surface area contributed by atoms with E-state index in [1.54, 1.807) is 31.5 Å². The van der Waals surface area contributed by atoms with E-state index < -0.39 is 0 Å². The molecule has 0 aromatic carbocycles. The van der Waals surface area contributed by atoms with Crippen molar-refractivity contribution in [2.24, 2.45) is 0 Å². The Kier molecular flexibility index (Phi) is 4.65. The molecule has 2 aromatic heterocycles. The zero-order valence-electron chi connectivity index (χ0n) is 11.5. The molecule has 2 aromatic rings. The fourth-order valence-electron chi connectivity index (χ4n) is 1.58. The number of aromatic nitrogens is 3. The van der Waals surface area contributed by atoms with Gasteiger partial charge in [-0.2, -0.15) is 4.98 Å². The van der Waals surface area contributed by atoms with Gasteiger partial charge in [-0.3, -0.25) is 4.98 Å². The van der Waals surface area contributed by atoms with Gasteiger partial charge in [0, 0.05) is 24.5 Å². The molecule has 0 aliphatic rings. The van der Waals surface area contributed by atoms with Gasteiger partial charge in [-0.25, -0.2) is 4.79 Å². The smallest absolute Gasteiger partial charge is 0.315 e. The van der Waals surface area contributed by atoms with E-state index in [0.29, 0.717) is 18.3 Å². The molecule has 2 rings (SSSR count). The summed E-state index contributed by atoms with van der Waals surface area (Å²) < 4.78 is 5.16. The van der Waals surface area contributed by atoms with Crippen LogP contribution in [0.3, 0.4) is 0 Å². The molecule has 1 atom stereocenters. The standard InChI is InChI=1S/C13H17N5O2/c1-3-6-15-13(19)16-9(2)12-17-11(18-20-12)10-4-7-14-8-5-10/h4-5,7-9H,3,6H2,1-2H3,(H2,15,16,19). The molecule has 2 heterocycles. The average molecular weight is 275 g/mol. The van der Waals surface area contributed by atoms with Gasteiger partial charge in [-0.05, 0) is 25.5 Å². The van der Waals surface area contributed by atoms with E-state index in [2.05, 4.69) is 25.8 Å². The van der Waals surface area contributed by atoms with Gasteiger partial charge in [-0.1, -0.05) is 12.1 Å². The number of rotatable bonds is 5. The maximum Gasteiger partial charge on any atom is 0.315 e. The molecule has 0 saturated heterocycles. The Labute approximate surface area is 116 Å². The summed E-state index contributed by atoms with van der Waals surface area (Å²) in [5.41, 5.74) is 0.817. The lowest BCUT2D eigenvalue weighted by Crippen LogP contribution is -2.37. The van der Waals surface area contributed by atoms with Crippen molar-refractivity contribution in [1.82, 2.24) is 25.8 Å². The Hall–Kier alpha value is -2.44. The van der Waals surface area contributed by atoms with Gasteiger partial charge >= 0.3 is 6.03 Å². The second-order valence-corrected chi connectivity index (χ2v) is 4.31. The molecule has 0 aliphatic carbocycles. The largest absolute Gasteiger partial charge is 0.338 e. The van der Waals surface area contributed by atoms with Crippen LogP contribution in [0.1, 0.15) is 32.2 Å². The van der Waals surface area contributed by atoms with Gasteiger partial charge < -0.3 is 15.2 Å². The molecule has 106 valence electrons. The van der Waals surface area contributed by atoms with Gasteiger partial charge in [0.05, 0.1) is 0 Å². The number of hydrogen-bond acceptors (Lipinski definition) is 5. The second-order valence-electron chi connectivity index (χ2n) is 4.31. The lowest BCUT2D eigenvalue weighted by Gasteiger charge is -2.10. The van der Waals surface area contributed by atoms with Crippen LogP contribution in [0.2, 0.25) is 0 Å². The van der Waals surface area contributed by atoms with Gasteiger partial charge in [0.15, 0.2) is 0 Å². The lowest BCUT2D eigenvalue weighted by molar-refractivity contribution is 0.234. The van der Waals surface area contributed by atoms with Crippen LogP contribution in [0.25, 0.3) is 11.4 Å². The molecule has 2 amide bonds. The fourth-order valence-corrected chi connectivity index (χ4v) is 1.58. The number of carbonyl (C=O) groups is 1. The van der Waals surface area contributed by atoms with E-state index in [0.717, 1.165) is 12.0 Å². The minimum atomic E-state index is -0.352. The van der Waals surface area contributed by atoms with Gasteiger partial charge in [0.2, 0.25) is 11.7 Å². The van der Waals surface area contributed by atoms with E-state index in [9.17, 15) is 4.79 Å². The quantitative estimate of drug-likeness (QED) is 0.869. The number of nitrogens with zero attached hydrogens (tertiary/aromatic N) is 3. The zero-order chi connectivity index (χ0) is 14.4. The van der Waals surface area contributed by atoms with E-state index in [-0.39, 0.29) is 12.1 Å². The van der Waals surface area contributed by atoms with Crippen LogP contribution in [0.4, 0.5) is 4.79 Å². The van der Waals surface area contributed by atoms with Crippen molar-refractivity contribution in [3.63, 3.8) is 0 Å². The summed E-state index contributed by atoms with van der Waals surface area (Å²) in [6.07, 6.45) is 4.20. The molecule has 0 fully saturated rings. The first-order valence-electron chi connectivity index (χ1n) is 6.49. The summed E-state index contributed by atoms with van der Waals surface area (Å²) in [6, 6.07) is 2.99. The highest BCUT2D eigenvalue weighted by atomic mass is 16.5. The van der Waals surface area contributed by atoms with Crippen LogP contribution in [0.15, 0.2) is 29.0 Å². The van der Waals surface area contributed by atoms with Crippen molar-refractivity contribution in [3.05, 3.63) is 30.4 Å². The van der Waals surface area contributed by atoms with Crippen LogP contribution in [0, 0.1) is 0 Å². The first-order valence-corrected chi connectivity index (χ1v) is 6.49. The Morgan fingerprint density at radius 2 is 2.15 bits per heavy atom.